The summed E-state index contributed by atoms with van der Waals surface area (Å²) >= 11 is 0. The van der Waals surface area contributed by atoms with Gasteiger partial charge in [0.25, 0.3) is 0 Å². The van der Waals surface area contributed by atoms with Crippen LogP contribution < -0.4 is 0 Å². The van der Waals surface area contributed by atoms with Crippen molar-refractivity contribution in [1.82, 2.24) is 4.98 Å². The van der Waals surface area contributed by atoms with E-state index in [9.17, 15) is 0 Å². The van der Waals surface area contributed by atoms with Gasteiger partial charge in [0.05, 0.1) is 5.69 Å². The molecule has 0 atom stereocenters. The monoisotopic (exact) mass is 411 g/mol. The molecular formula is C29H17NO2. The molecular weight excluding hydrogens is 394 g/mol. The number of furan rings is 2. The summed E-state index contributed by atoms with van der Waals surface area (Å²) in [5, 5.41) is 4.40. The molecule has 7 aromatic rings. The highest BCUT2D eigenvalue weighted by Crippen LogP contribution is 2.45. The van der Waals surface area contributed by atoms with Gasteiger partial charge < -0.3 is 8.83 Å². The van der Waals surface area contributed by atoms with Crippen LogP contribution in [0, 0.1) is 0 Å². The van der Waals surface area contributed by atoms with Crippen LogP contribution in [0.2, 0.25) is 0 Å². The first-order chi connectivity index (χ1) is 15.9. The number of pyridine rings is 1. The normalized spacial score (nSPS) is 11.8. The van der Waals surface area contributed by atoms with E-state index in [-0.39, 0.29) is 0 Å². The number of benzene rings is 4. The lowest BCUT2D eigenvalue weighted by Gasteiger charge is -2.09. The molecule has 0 saturated carbocycles. The highest BCUT2D eigenvalue weighted by atomic mass is 16.3. The Kier molecular flexibility index (Phi) is 3.55. The third-order valence-corrected chi connectivity index (χ3v) is 6.13. The van der Waals surface area contributed by atoms with E-state index in [2.05, 4.69) is 53.5 Å². The van der Waals surface area contributed by atoms with E-state index >= 15 is 0 Å². The summed E-state index contributed by atoms with van der Waals surface area (Å²) in [4.78, 5) is 4.65. The van der Waals surface area contributed by atoms with Gasteiger partial charge in [-0.2, -0.15) is 0 Å². The minimum Gasteiger partial charge on any atom is -0.456 e. The molecule has 0 spiro atoms. The van der Waals surface area contributed by atoms with E-state index in [0.717, 1.165) is 66.3 Å². The molecule has 3 heterocycles. The van der Waals surface area contributed by atoms with Crippen molar-refractivity contribution in [3.8, 4) is 22.4 Å². The fraction of sp³-hybridized carbons (Fsp3) is 0. The maximum absolute atomic E-state index is 6.26. The molecule has 7 rings (SSSR count). The first-order valence-corrected chi connectivity index (χ1v) is 10.6. The number of hydrogen-bond acceptors (Lipinski definition) is 3. The van der Waals surface area contributed by atoms with Crippen molar-refractivity contribution in [2.24, 2.45) is 0 Å². The smallest absolute Gasteiger partial charge is 0.139 e. The van der Waals surface area contributed by atoms with Crippen LogP contribution in [-0.2, 0) is 0 Å². The summed E-state index contributed by atoms with van der Waals surface area (Å²) in [6.07, 6.45) is 1.88. The molecule has 0 aliphatic rings. The Labute approximate surface area is 183 Å². The highest BCUT2D eigenvalue weighted by Gasteiger charge is 2.21. The molecule has 0 aliphatic carbocycles. The number of fused-ring (bicyclic) bond motifs is 6. The van der Waals surface area contributed by atoms with Gasteiger partial charge >= 0.3 is 0 Å². The molecule has 3 heteroatoms. The largest absolute Gasteiger partial charge is 0.456 e. The highest BCUT2D eigenvalue weighted by molar-refractivity contribution is 6.25. The van der Waals surface area contributed by atoms with Crippen molar-refractivity contribution in [3.05, 3.63) is 103 Å². The third kappa shape index (κ3) is 2.45. The fourth-order valence-corrected chi connectivity index (χ4v) is 4.73. The summed E-state index contributed by atoms with van der Waals surface area (Å²) in [5.74, 6) is 0. The third-order valence-electron chi connectivity index (χ3n) is 6.13. The van der Waals surface area contributed by atoms with Crippen molar-refractivity contribution in [3.63, 3.8) is 0 Å². The van der Waals surface area contributed by atoms with Gasteiger partial charge in [0.1, 0.15) is 22.3 Å². The Hall–Kier alpha value is -4.37. The lowest BCUT2D eigenvalue weighted by Crippen LogP contribution is -1.87. The van der Waals surface area contributed by atoms with Crippen LogP contribution in [0.15, 0.2) is 112 Å². The zero-order valence-electron chi connectivity index (χ0n) is 17.1. The molecule has 0 amide bonds. The van der Waals surface area contributed by atoms with E-state index in [4.69, 9.17) is 8.83 Å². The minimum atomic E-state index is 0.825. The molecule has 4 aromatic carbocycles. The number of rotatable bonds is 2. The second-order valence-corrected chi connectivity index (χ2v) is 7.99. The standard InChI is InChI=1S/C29H17NO2/c1-2-8-18(9-3-1)22-16-19(14-15-30-22)27-28-20-10-4-6-12-23(20)31-25(28)17-26-29(27)21-11-5-7-13-24(21)32-26/h1-17H. The van der Waals surface area contributed by atoms with E-state index < -0.39 is 0 Å². The first-order valence-electron chi connectivity index (χ1n) is 10.6. The number of aromatic nitrogens is 1. The quantitative estimate of drug-likeness (QED) is 0.288. The predicted octanol–water partition coefficient (Wildman–Crippen LogP) is 8.21. The average Bonchev–Trinajstić information content (AvgIpc) is 3.41. The number of para-hydroxylation sites is 2. The lowest BCUT2D eigenvalue weighted by molar-refractivity contribution is 0.656. The van der Waals surface area contributed by atoms with Crippen molar-refractivity contribution in [2.75, 3.05) is 0 Å². The minimum absolute atomic E-state index is 0.825. The molecule has 0 aliphatic heterocycles. The summed E-state index contributed by atoms with van der Waals surface area (Å²) in [5.41, 5.74) is 7.63. The molecule has 150 valence electrons. The van der Waals surface area contributed by atoms with Crippen LogP contribution in [0.3, 0.4) is 0 Å². The van der Waals surface area contributed by atoms with E-state index in [1.807, 2.05) is 54.7 Å². The van der Waals surface area contributed by atoms with Crippen LogP contribution in [0.1, 0.15) is 0 Å². The summed E-state index contributed by atoms with van der Waals surface area (Å²) in [6, 6.07) is 32.9. The zero-order chi connectivity index (χ0) is 21.1. The van der Waals surface area contributed by atoms with Crippen molar-refractivity contribution in [2.45, 2.75) is 0 Å². The van der Waals surface area contributed by atoms with Gasteiger partial charge in [-0.15, -0.1) is 0 Å². The summed E-state index contributed by atoms with van der Waals surface area (Å²) in [7, 11) is 0. The van der Waals surface area contributed by atoms with Crippen LogP contribution in [-0.4, -0.2) is 4.98 Å². The van der Waals surface area contributed by atoms with Gasteiger partial charge in [0.15, 0.2) is 0 Å². The Bertz CT molecular complexity index is 1690. The van der Waals surface area contributed by atoms with Gasteiger partial charge in [0, 0.05) is 44.9 Å². The maximum Gasteiger partial charge on any atom is 0.139 e. The van der Waals surface area contributed by atoms with Crippen LogP contribution in [0.5, 0.6) is 0 Å². The van der Waals surface area contributed by atoms with Gasteiger partial charge in [0.2, 0.25) is 0 Å². The Balaban J connectivity index is 1.67. The number of nitrogens with zero attached hydrogens (tertiary/aromatic N) is 1. The molecule has 0 radical (unpaired) electrons. The van der Waals surface area contributed by atoms with Gasteiger partial charge in [-0.05, 0) is 29.8 Å². The molecule has 0 N–H and O–H groups in total. The first kappa shape index (κ1) is 17.3. The van der Waals surface area contributed by atoms with E-state index in [1.165, 1.54) is 0 Å². The van der Waals surface area contributed by atoms with Crippen LogP contribution in [0.4, 0.5) is 0 Å². The SMILES string of the molecule is c1ccc(-c2cc(-c3c4c(cc5oc6ccccc6c35)oc3ccccc34)ccn2)cc1. The van der Waals surface area contributed by atoms with Crippen LogP contribution in [0.25, 0.3) is 66.3 Å². The van der Waals surface area contributed by atoms with Crippen molar-refractivity contribution < 1.29 is 8.83 Å². The van der Waals surface area contributed by atoms with Crippen LogP contribution >= 0.6 is 0 Å². The van der Waals surface area contributed by atoms with Crippen molar-refractivity contribution in [1.29, 1.82) is 0 Å². The molecule has 0 bridgehead atoms. The molecule has 0 unspecified atom stereocenters. The summed E-state index contributed by atoms with van der Waals surface area (Å²) in [6.45, 7) is 0. The average molecular weight is 411 g/mol. The Morgan fingerprint density at radius 2 is 1.09 bits per heavy atom. The van der Waals surface area contributed by atoms with Gasteiger partial charge in [-0.3, -0.25) is 4.98 Å². The fourth-order valence-electron chi connectivity index (χ4n) is 4.73. The lowest BCUT2D eigenvalue weighted by atomic mass is 9.94. The van der Waals surface area contributed by atoms with E-state index in [1.54, 1.807) is 0 Å². The second kappa shape index (κ2) is 6.56. The van der Waals surface area contributed by atoms with E-state index in [0.29, 0.717) is 0 Å². The molecule has 0 fully saturated rings. The zero-order valence-corrected chi connectivity index (χ0v) is 17.1. The van der Waals surface area contributed by atoms with Gasteiger partial charge in [-0.25, -0.2) is 0 Å². The van der Waals surface area contributed by atoms with Crippen molar-refractivity contribution >= 4 is 43.9 Å². The number of hydrogen-bond donors (Lipinski definition) is 0. The second-order valence-electron chi connectivity index (χ2n) is 7.99. The molecule has 3 aromatic heterocycles. The van der Waals surface area contributed by atoms with Gasteiger partial charge in [-0.1, -0.05) is 66.7 Å². The topological polar surface area (TPSA) is 39.2 Å². The predicted molar refractivity (Wildman–Crippen MR) is 130 cm³/mol. The molecule has 3 nitrogen and oxygen atoms in total. The molecule has 32 heavy (non-hydrogen) atoms. The maximum atomic E-state index is 6.26. The Morgan fingerprint density at radius 3 is 1.75 bits per heavy atom. The Morgan fingerprint density at radius 1 is 0.500 bits per heavy atom. The molecule has 0 saturated heterocycles. The summed E-state index contributed by atoms with van der Waals surface area (Å²) < 4.78 is 12.5.